The molecule has 0 spiro atoms. The lowest BCUT2D eigenvalue weighted by molar-refractivity contribution is 0.523. The molecule has 0 aliphatic rings. The first-order valence-electron chi connectivity index (χ1n) is 6.40. The Bertz CT molecular complexity index is 315. The molecule has 17 heavy (non-hydrogen) atoms. The summed E-state index contributed by atoms with van der Waals surface area (Å²) < 4.78 is 12.7. The van der Waals surface area contributed by atoms with Crippen molar-refractivity contribution in [3.63, 3.8) is 0 Å². The standard InChI is InChI=1S/C13H22FN3/c1-11(2)7-5-3-4-6-8-15-13-9-12(14)16-10-17-13/h9-11H,3-8H2,1-2H3,(H,15,16,17). The van der Waals surface area contributed by atoms with E-state index in [1.807, 2.05) is 0 Å². The maximum absolute atomic E-state index is 12.7. The molecule has 0 aliphatic carbocycles. The van der Waals surface area contributed by atoms with Gasteiger partial charge in [-0.25, -0.2) is 9.97 Å². The van der Waals surface area contributed by atoms with Crippen molar-refractivity contribution in [1.82, 2.24) is 9.97 Å². The van der Waals surface area contributed by atoms with Crippen LogP contribution in [0.25, 0.3) is 0 Å². The number of aromatic nitrogens is 2. The minimum absolute atomic E-state index is 0.487. The van der Waals surface area contributed by atoms with E-state index < -0.39 is 5.95 Å². The molecule has 0 saturated carbocycles. The molecule has 1 rings (SSSR count). The summed E-state index contributed by atoms with van der Waals surface area (Å²) in [6, 6.07) is 1.32. The Labute approximate surface area is 103 Å². The summed E-state index contributed by atoms with van der Waals surface area (Å²) in [5.74, 6) is 0.885. The number of unbranched alkanes of at least 4 members (excludes halogenated alkanes) is 3. The van der Waals surface area contributed by atoms with Crippen LogP contribution in [0.5, 0.6) is 0 Å². The van der Waals surface area contributed by atoms with Crippen LogP contribution in [0.4, 0.5) is 10.2 Å². The van der Waals surface area contributed by atoms with Crippen LogP contribution in [-0.2, 0) is 0 Å². The number of nitrogens with one attached hydrogen (secondary N) is 1. The summed E-state index contributed by atoms with van der Waals surface area (Å²) in [6.45, 7) is 5.36. The molecule has 1 aromatic heterocycles. The van der Waals surface area contributed by atoms with Crippen molar-refractivity contribution in [2.24, 2.45) is 5.92 Å². The van der Waals surface area contributed by atoms with Gasteiger partial charge in [-0.2, -0.15) is 4.39 Å². The average Bonchev–Trinajstić information content (AvgIpc) is 2.27. The van der Waals surface area contributed by atoms with Crippen LogP contribution in [0.1, 0.15) is 46.0 Å². The quantitative estimate of drug-likeness (QED) is 0.556. The molecular formula is C13H22FN3. The van der Waals surface area contributed by atoms with Gasteiger partial charge >= 0.3 is 0 Å². The lowest BCUT2D eigenvalue weighted by atomic mass is 10.0. The van der Waals surface area contributed by atoms with Gasteiger partial charge in [0.2, 0.25) is 5.95 Å². The molecule has 3 nitrogen and oxygen atoms in total. The Morgan fingerprint density at radius 2 is 1.94 bits per heavy atom. The Morgan fingerprint density at radius 3 is 2.65 bits per heavy atom. The van der Waals surface area contributed by atoms with Crippen LogP contribution < -0.4 is 5.32 Å². The fourth-order valence-corrected chi connectivity index (χ4v) is 1.68. The largest absolute Gasteiger partial charge is 0.370 e. The van der Waals surface area contributed by atoms with Gasteiger partial charge in [0.25, 0.3) is 0 Å². The van der Waals surface area contributed by atoms with E-state index in [0.29, 0.717) is 5.82 Å². The Morgan fingerprint density at radius 1 is 1.18 bits per heavy atom. The molecule has 0 radical (unpaired) electrons. The second-order valence-corrected chi connectivity index (χ2v) is 4.75. The van der Waals surface area contributed by atoms with Crippen LogP contribution >= 0.6 is 0 Å². The summed E-state index contributed by atoms with van der Waals surface area (Å²) in [5, 5.41) is 3.09. The lowest BCUT2D eigenvalue weighted by Gasteiger charge is -2.06. The smallest absolute Gasteiger partial charge is 0.217 e. The van der Waals surface area contributed by atoms with E-state index in [1.165, 1.54) is 38.1 Å². The Balaban J connectivity index is 2.01. The van der Waals surface area contributed by atoms with Crippen LogP contribution in [-0.4, -0.2) is 16.5 Å². The molecule has 0 atom stereocenters. The van der Waals surface area contributed by atoms with Gasteiger partial charge in [0.05, 0.1) is 0 Å². The highest BCUT2D eigenvalue weighted by Crippen LogP contribution is 2.09. The van der Waals surface area contributed by atoms with Crippen LogP contribution in [0.2, 0.25) is 0 Å². The highest BCUT2D eigenvalue weighted by Gasteiger charge is 1.97. The second-order valence-electron chi connectivity index (χ2n) is 4.75. The normalized spacial score (nSPS) is 10.8. The molecule has 0 unspecified atom stereocenters. The SMILES string of the molecule is CC(C)CCCCCCNc1cc(F)ncn1. The van der Waals surface area contributed by atoms with E-state index in [-0.39, 0.29) is 0 Å². The molecule has 1 N–H and O–H groups in total. The number of nitrogens with zero attached hydrogens (tertiary/aromatic N) is 2. The van der Waals surface area contributed by atoms with Gasteiger partial charge in [0, 0.05) is 12.6 Å². The Hall–Kier alpha value is -1.19. The number of anilines is 1. The number of rotatable bonds is 8. The fraction of sp³-hybridized carbons (Fsp3) is 0.692. The van der Waals surface area contributed by atoms with E-state index in [1.54, 1.807) is 0 Å². The fourth-order valence-electron chi connectivity index (χ4n) is 1.68. The van der Waals surface area contributed by atoms with Crippen molar-refractivity contribution in [1.29, 1.82) is 0 Å². The van der Waals surface area contributed by atoms with Crippen LogP contribution in [0, 0.1) is 11.9 Å². The van der Waals surface area contributed by atoms with E-state index in [4.69, 9.17) is 0 Å². The van der Waals surface area contributed by atoms with Gasteiger partial charge in [-0.05, 0) is 12.3 Å². The maximum Gasteiger partial charge on any atom is 0.217 e. The summed E-state index contributed by atoms with van der Waals surface area (Å²) in [4.78, 5) is 7.34. The first-order chi connectivity index (χ1) is 8.18. The van der Waals surface area contributed by atoms with Crippen molar-refractivity contribution in [2.45, 2.75) is 46.0 Å². The second kappa shape index (κ2) is 7.98. The average molecular weight is 239 g/mol. The molecule has 0 aromatic carbocycles. The van der Waals surface area contributed by atoms with Crippen molar-refractivity contribution in [3.8, 4) is 0 Å². The first kappa shape index (κ1) is 13.9. The number of hydrogen-bond donors (Lipinski definition) is 1. The van der Waals surface area contributed by atoms with E-state index in [2.05, 4.69) is 29.1 Å². The van der Waals surface area contributed by atoms with Crippen molar-refractivity contribution >= 4 is 5.82 Å². The van der Waals surface area contributed by atoms with Crippen molar-refractivity contribution in [2.75, 3.05) is 11.9 Å². The molecule has 0 bridgehead atoms. The monoisotopic (exact) mass is 239 g/mol. The van der Waals surface area contributed by atoms with Gasteiger partial charge in [-0.3, -0.25) is 0 Å². The van der Waals surface area contributed by atoms with Crippen molar-refractivity contribution < 1.29 is 4.39 Å². The zero-order valence-electron chi connectivity index (χ0n) is 10.7. The highest BCUT2D eigenvalue weighted by atomic mass is 19.1. The molecule has 4 heteroatoms. The third kappa shape index (κ3) is 6.87. The lowest BCUT2D eigenvalue weighted by Crippen LogP contribution is -2.04. The highest BCUT2D eigenvalue weighted by molar-refractivity contribution is 5.31. The Kier molecular flexibility index (Phi) is 6.51. The molecule has 1 aromatic rings. The zero-order chi connectivity index (χ0) is 12.5. The molecule has 96 valence electrons. The predicted molar refractivity (Wildman–Crippen MR) is 68.4 cm³/mol. The third-order valence-electron chi connectivity index (χ3n) is 2.65. The summed E-state index contributed by atoms with van der Waals surface area (Å²) in [7, 11) is 0. The van der Waals surface area contributed by atoms with Crippen molar-refractivity contribution in [3.05, 3.63) is 18.3 Å². The van der Waals surface area contributed by atoms with Crippen LogP contribution in [0.3, 0.4) is 0 Å². The number of halogens is 1. The van der Waals surface area contributed by atoms with Gasteiger partial charge in [-0.1, -0.05) is 39.5 Å². The summed E-state index contributed by atoms with van der Waals surface area (Å²) >= 11 is 0. The zero-order valence-corrected chi connectivity index (χ0v) is 10.7. The summed E-state index contributed by atoms with van der Waals surface area (Å²) in [5.41, 5.74) is 0. The topological polar surface area (TPSA) is 37.8 Å². The van der Waals surface area contributed by atoms with Gasteiger partial charge in [0.15, 0.2) is 0 Å². The van der Waals surface area contributed by atoms with E-state index in [0.717, 1.165) is 18.9 Å². The third-order valence-corrected chi connectivity index (χ3v) is 2.65. The van der Waals surface area contributed by atoms with Gasteiger partial charge < -0.3 is 5.32 Å². The number of hydrogen-bond acceptors (Lipinski definition) is 3. The van der Waals surface area contributed by atoms with E-state index in [9.17, 15) is 4.39 Å². The van der Waals surface area contributed by atoms with E-state index >= 15 is 0 Å². The molecule has 1 heterocycles. The maximum atomic E-state index is 12.7. The first-order valence-corrected chi connectivity index (χ1v) is 6.40. The minimum atomic E-state index is -0.487. The van der Waals surface area contributed by atoms with Gasteiger partial charge in [0.1, 0.15) is 12.1 Å². The van der Waals surface area contributed by atoms with Crippen LogP contribution in [0.15, 0.2) is 12.4 Å². The van der Waals surface area contributed by atoms with Gasteiger partial charge in [-0.15, -0.1) is 0 Å². The molecule has 0 fully saturated rings. The molecule has 0 saturated heterocycles. The predicted octanol–water partition coefficient (Wildman–Crippen LogP) is 3.63. The molecule has 0 aliphatic heterocycles. The minimum Gasteiger partial charge on any atom is -0.370 e. The summed E-state index contributed by atoms with van der Waals surface area (Å²) in [6.07, 6.45) is 7.44. The molecule has 0 amide bonds. The molecular weight excluding hydrogens is 217 g/mol.